The average Bonchev–Trinajstić information content (AvgIpc) is 2.82. The smallest absolute Gasteiger partial charge is 0.293 e. The van der Waals surface area contributed by atoms with Gasteiger partial charge in [-0.15, -0.1) is 0 Å². The van der Waals surface area contributed by atoms with E-state index in [9.17, 15) is 14.4 Å². The maximum atomic E-state index is 12.4. The van der Waals surface area contributed by atoms with E-state index in [1.165, 1.54) is 6.08 Å². The molecule has 130 valence electrons. The molecule has 0 spiro atoms. The summed E-state index contributed by atoms with van der Waals surface area (Å²) in [6.45, 7) is 2.20. The van der Waals surface area contributed by atoms with E-state index in [2.05, 4.69) is 21.2 Å². The summed E-state index contributed by atoms with van der Waals surface area (Å²) in [6, 6.07) is 7.47. The molecule has 1 N–H and O–H groups in total. The van der Waals surface area contributed by atoms with Crippen LogP contribution in [0.4, 0.5) is 4.79 Å². The summed E-state index contributed by atoms with van der Waals surface area (Å²) in [6.07, 6.45) is 8.25. The standard InChI is InChI=1S/C18H17BrN2O3S/c1-2-3-4-8-16(22)20-9-10-21-17(23)15(25-18(21)24)12-13-6-5-7-14(19)11-13/h2-8,11-12H,9-10H2,1H3,(H,20,22)/b3-2+,8-4+,15-12-. The number of allylic oxidation sites excluding steroid dienone is 3. The maximum absolute atomic E-state index is 12.4. The van der Waals surface area contributed by atoms with Crippen molar-refractivity contribution in [3.63, 3.8) is 0 Å². The van der Waals surface area contributed by atoms with Crippen molar-refractivity contribution < 1.29 is 14.4 Å². The predicted molar refractivity (Wildman–Crippen MR) is 104 cm³/mol. The SMILES string of the molecule is C/C=C/C=C/C(=O)NCCN1C(=O)S/C(=C\c2cccc(Br)c2)C1=O. The lowest BCUT2D eigenvalue weighted by molar-refractivity contribution is -0.123. The van der Waals surface area contributed by atoms with Gasteiger partial charge < -0.3 is 5.32 Å². The van der Waals surface area contributed by atoms with Crippen molar-refractivity contribution in [1.29, 1.82) is 0 Å². The lowest BCUT2D eigenvalue weighted by Gasteiger charge is -2.12. The summed E-state index contributed by atoms with van der Waals surface area (Å²) in [5.74, 6) is -0.608. The number of carbonyl (C=O) groups is 3. The third-order valence-electron chi connectivity index (χ3n) is 3.21. The van der Waals surface area contributed by atoms with E-state index in [1.807, 2.05) is 37.3 Å². The van der Waals surface area contributed by atoms with Crippen LogP contribution in [0.2, 0.25) is 0 Å². The van der Waals surface area contributed by atoms with Crippen LogP contribution in [0.3, 0.4) is 0 Å². The summed E-state index contributed by atoms with van der Waals surface area (Å²) in [7, 11) is 0. The van der Waals surface area contributed by atoms with Crippen molar-refractivity contribution in [3.8, 4) is 0 Å². The highest BCUT2D eigenvalue weighted by Crippen LogP contribution is 2.32. The minimum absolute atomic E-state index is 0.143. The van der Waals surface area contributed by atoms with Gasteiger partial charge in [0.2, 0.25) is 5.91 Å². The Morgan fingerprint density at radius 1 is 1.32 bits per heavy atom. The molecule has 0 atom stereocenters. The minimum atomic E-state index is -0.339. The third-order valence-corrected chi connectivity index (χ3v) is 4.61. The molecule has 1 aliphatic heterocycles. The zero-order chi connectivity index (χ0) is 18.2. The number of rotatable bonds is 6. The number of nitrogens with zero attached hydrogens (tertiary/aromatic N) is 1. The van der Waals surface area contributed by atoms with Gasteiger partial charge >= 0.3 is 0 Å². The molecule has 1 aliphatic rings. The van der Waals surface area contributed by atoms with Crippen LogP contribution in [0.5, 0.6) is 0 Å². The van der Waals surface area contributed by atoms with Gasteiger partial charge in [0.05, 0.1) is 4.91 Å². The van der Waals surface area contributed by atoms with Gasteiger partial charge in [-0.2, -0.15) is 0 Å². The lowest BCUT2D eigenvalue weighted by atomic mass is 10.2. The molecule has 1 heterocycles. The van der Waals surface area contributed by atoms with Crippen molar-refractivity contribution in [2.24, 2.45) is 0 Å². The van der Waals surface area contributed by atoms with Gasteiger partial charge in [-0.05, 0) is 42.5 Å². The van der Waals surface area contributed by atoms with Crippen LogP contribution in [-0.2, 0) is 9.59 Å². The second-order valence-electron chi connectivity index (χ2n) is 5.06. The number of halogens is 1. The molecule has 0 radical (unpaired) electrons. The molecule has 5 nitrogen and oxygen atoms in total. The molecule has 1 saturated heterocycles. The van der Waals surface area contributed by atoms with Crippen molar-refractivity contribution in [3.05, 3.63) is 63.5 Å². The van der Waals surface area contributed by atoms with Gasteiger partial charge in [-0.25, -0.2) is 0 Å². The Hall–Kier alpha value is -2.12. The minimum Gasteiger partial charge on any atom is -0.351 e. The highest BCUT2D eigenvalue weighted by Gasteiger charge is 2.34. The molecular formula is C18H17BrN2O3S. The molecule has 1 fully saturated rings. The summed E-state index contributed by atoms with van der Waals surface area (Å²) in [5, 5.41) is 2.31. The maximum Gasteiger partial charge on any atom is 0.293 e. The second kappa shape index (κ2) is 9.39. The summed E-state index contributed by atoms with van der Waals surface area (Å²) < 4.78 is 0.897. The highest BCUT2D eigenvalue weighted by atomic mass is 79.9. The molecule has 0 saturated carbocycles. The molecule has 0 unspecified atom stereocenters. The van der Waals surface area contributed by atoms with Crippen LogP contribution >= 0.6 is 27.7 Å². The highest BCUT2D eigenvalue weighted by molar-refractivity contribution is 9.10. The van der Waals surface area contributed by atoms with Crippen molar-refractivity contribution in [2.75, 3.05) is 13.1 Å². The number of hydrogen-bond donors (Lipinski definition) is 1. The Morgan fingerprint density at radius 3 is 2.84 bits per heavy atom. The summed E-state index contributed by atoms with van der Waals surface area (Å²) in [5.41, 5.74) is 0.835. The first-order valence-corrected chi connectivity index (χ1v) is 9.20. The van der Waals surface area contributed by atoms with E-state index < -0.39 is 0 Å². The Labute approximate surface area is 159 Å². The van der Waals surface area contributed by atoms with Crippen LogP contribution < -0.4 is 5.32 Å². The Kier molecular flexibility index (Phi) is 7.21. The first-order valence-electron chi connectivity index (χ1n) is 7.59. The Morgan fingerprint density at radius 2 is 2.12 bits per heavy atom. The summed E-state index contributed by atoms with van der Waals surface area (Å²) in [4.78, 5) is 37.5. The number of benzene rings is 1. The van der Waals surface area contributed by atoms with Crippen molar-refractivity contribution in [2.45, 2.75) is 6.92 Å². The zero-order valence-electron chi connectivity index (χ0n) is 13.6. The third kappa shape index (κ3) is 5.72. The number of nitrogens with one attached hydrogen (secondary N) is 1. The van der Waals surface area contributed by atoms with Crippen LogP contribution in [0.25, 0.3) is 6.08 Å². The first-order chi connectivity index (χ1) is 12.0. The number of hydrogen-bond acceptors (Lipinski definition) is 4. The van der Waals surface area contributed by atoms with Gasteiger partial charge in [0.25, 0.3) is 11.1 Å². The molecule has 25 heavy (non-hydrogen) atoms. The molecule has 1 aromatic rings. The monoisotopic (exact) mass is 420 g/mol. The van der Waals surface area contributed by atoms with Gasteiger partial charge in [-0.3, -0.25) is 19.3 Å². The zero-order valence-corrected chi connectivity index (χ0v) is 16.0. The Bertz CT molecular complexity index is 771. The van der Waals surface area contributed by atoms with Crippen molar-refractivity contribution in [1.82, 2.24) is 10.2 Å². The quantitative estimate of drug-likeness (QED) is 0.562. The molecule has 1 aromatic carbocycles. The second-order valence-corrected chi connectivity index (χ2v) is 6.97. The van der Waals surface area contributed by atoms with E-state index in [0.717, 1.165) is 26.7 Å². The van der Waals surface area contributed by atoms with E-state index >= 15 is 0 Å². The van der Waals surface area contributed by atoms with Gasteiger partial charge in [-0.1, -0.05) is 46.3 Å². The van der Waals surface area contributed by atoms with Crippen LogP contribution in [0, 0.1) is 0 Å². The normalized spacial score (nSPS) is 16.6. The van der Waals surface area contributed by atoms with Crippen LogP contribution in [0.1, 0.15) is 12.5 Å². The molecular weight excluding hydrogens is 404 g/mol. The summed E-state index contributed by atoms with van der Waals surface area (Å²) >= 11 is 4.28. The van der Waals surface area contributed by atoms with Gasteiger partial charge in [0.1, 0.15) is 0 Å². The predicted octanol–water partition coefficient (Wildman–Crippen LogP) is 3.73. The first kappa shape index (κ1) is 19.2. The molecule has 0 aromatic heterocycles. The van der Waals surface area contributed by atoms with Crippen LogP contribution in [0.15, 0.2) is 57.9 Å². The molecule has 7 heteroatoms. The molecule has 2 rings (SSSR count). The molecule has 3 amide bonds. The largest absolute Gasteiger partial charge is 0.351 e. The van der Waals surface area contributed by atoms with Crippen molar-refractivity contribution >= 4 is 50.8 Å². The Balaban J connectivity index is 1.94. The van der Waals surface area contributed by atoms with E-state index in [1.54, 1.807) is 18.2 Å². The topological polar surface area (TPSA) is 66.5 Å². The average molecular weight is 421 g/mol. The van der Waals surface area contributed by atoms with Crippen LogP contribution in [-0.4, -0.2) is 35.0 Å². The fourth-order valence-electron chi connectivity index (χ4n) is 2.04. The number of imide groups is 1. The number of thioether (sulfide) groups is 1. The fourth-order valence-corrected chi connectivity index (χ4v) is 3.33. The number of amides is 3. The van der Waals surface area contributed by atoms with Gasteiger partial charge in [0.15, 0.2) is 0 Å². The fraction of sp³-hybridized carbons (Fsp3) is 0.167. The number of carbonyl (C=O) groups excluding carboxylic acids is 3. The van der Waals surface area contributed by atoms with E-state index in [4.69, 9.17) is 0 Å². The van der Waals surface area contributed by atoms with E-state index in [-0.39, 0.29) is 30.1 Å². The van der Waals surface area contributed by atoms with E-state index in [0.29, 0.717) is 4.91 Å². The molecule has 0 bridgehead atoms. The lowest BCUT2D eigenvalue weighted by Crippen LogP contribution is -2.36. The van der Waals surface area contributed by atoms with Gasteiger partial charge in [0, 0.05) is 23.6 Å². The molecule has 0 aliphatic carbocycles.